The second-order valence-corrected chi connectivity index (χ2v) is 8.56. The first-order valence-electron chi connectivity index (χ1n) is 11.6. The Kier molecular flexibility index (Phi) is 6.42. The minimum Gasteiger partial charge on any atom is -0.497 e. The van der Waals surface area contributed by atoms with Crippen molar-refractivity contribution in [1.82, 2.24) is 20.1 Å². The predicted molar refractivity (Wildman–Crippen MR) is 132 cm³/mol. The topological polar surface area (TPSA) is 104 Å². The fourth-order valence-electron chi connectivity index (χ4n) is 4.46. The van der Waals surface area contributed by atoms with Crippen molar-refractivity contribution in [2.24, 2.45) is 5.92 Å². The summed E-state index contributed by atoms with van der Waals surface area (Å²) in [5.41, 5.74) is 1.60. The van der Waals surface area contributed by atoms with Gasteiger partial charge in [-0.25, -0.2) is 0 Å². The second-order valence-electron chi connectivity index (χ2n) is 8.56. The van der Waals surface area contributed by atoms with E-state index in [1.807, 2.05) is 53.4 Å². The highest BCUT2D eigenvalue weighted by molar-refractivity contribution is 6.00. The van der Waals surface area contributed by atoms with Gasteiger partial charge in [0.2, 0.25) is 11.8 Å². The number of piperazine rings is 1. The van der Waals surface area contributed by atoms with Crippen LogP contribution in [-0.2, 0) is 9.59 Å². The molecule has 10 heteroatoms. The van der Waals surface area contributed by atoms with Crippen LogP contribution in [0.3, 0.4) is 0 Å². The first-order chi connectivity index (χ1) is 17.1. The van der Waals surface area contributed by atoms with Gasteiger partial charge in [-0.15, -0.1) is 10.2 Å². The maximum atomic E-state index is 13.2. The monoisotopic (exact) mass is 473 g/mol. The molecule has 2 aromatic heterocycles. The maximum absolute atomic E-state index is 13.2. The molecule has 1 N–H and O–H groups in total. The van der Waals surface area contributed by atoms with Crippen LogP contribution >= 0.6 is 0 Å². The van der Waals surface area contributed by atoms with Crippen LogP contribution in [0.2, 0.25) is 0 Å². The number of pyridine rings is 1. The van der Waals surface area contributed by atoms with Gasteiger partial charge in [0.05, 0.1) is 24.9 Å². The normalized spacial score (nSPS) is 18.0. The molecular formula is C25H27N7O3. The fraction of sp³-hybridized carbons (Fsp3) is 0.320. The lowest BCUT2D eigenvalue weighted by Gasteiger charge is -2.36. The van der Waals surface area contributed by atoms with Gasteiger partial charge in [0.1, 0.15) is 5.75 Å². The highest BCUT2D eigenvalue weighted by atomic mass is 16.5. The molecule has 2 saturated heterocycles. The van der Waals surface area contributed by atoms with Gasteiger partial charge in [0.15, 0.2) is 11.6 Å². The minimum atomic E-state index is -0.335. The number of rotatable bonds is 6. The maximum Gasteiger partial charge on any atom is 0.228 e. The second kappa shape index (κ2) is 9.96. The first kappa shape index (κ1) is 22.6. The van der Waals surface area contributed by atoms with Crippen LogP contribution in [0.1, 0.15) is 6.42 Å². The van der Waals surface area contributed by atoms with Crippen molar-refractivity contribution in [2.75, 3.05) is 55.0 Å². The van der Waals surface area contributed by atoms with Gasteiger partial charge in [-0.3, -0.25) is 14.6 Å². The van der Waals surface area contributed by atoms with Gasteiger partial charge in [-0.2, -0.15) is 0 Å². The molecule has 35 heavy (non-hydrogen) atoms. The number of carbonyl (C=O) groups excluding carboxylic acids is 2. The third-order valence-corrected chi connectivity index (χ3v) is 6.34. The number of nitrogens with zero attached hydrogens (tertiary/aromatic N) is 6. The number of aromatic nitrogens is 3. The standard InChI is InChI=1S/C25H27N7O3/c1-35-21-6-2-5-20(15-21)32-17-18(14-24(32)33)25(34)31-12-10-30(11-13-31)23-8-7-22(28-29-23)27-19-4-3-9-26-16-19/h2-9,15-16,18H,10-14,17H2,1H3,(H,27,28). The SMILES string of the molecule is COc1cccc(N2CC(C(=O)N3CCN(c4ccc(Nc5cccnc5)nn4)CC3)CC2=O)c1. The van der Waals surface area contributed by atoms with E-state index in [2.05, 4.69) is 25.4 Å². The minimum absolute atomic E-state index is 0.0329. The van der Waals surface area contributed by atoms with Crippen LogP contribution in [0.25, 0.3) is 0 Å². The molecule has 2 aliphatic heterocycles. The van der Waals surface area contributed by atoms with Gasteiger partial charge < -0.3 is 24.8 Å². The summed E-state index contributed by atoms with van der Waals surface area (Å²) in [6.07, 6.45) is 3.67. The Bertz CT molecular complexity index is 1180. The van der Waals surface area contributed by atoms with Gasteiger partial charge >= 0.3 is 0 Å². The average molecular weight is 474 g/mol. The van der Waals surface area contributed by atoms with E-state index in [1.165, 1.54) is 0 Å². The van der Waals surface area contributed by atoms with Crippen molar-refractivity contribution in [1.29, 1.82) is 0 Å². The van der Waals surface area contributed by atoms with Crippen LogP contribution < -0.4 is 19.9 Å². The van der Waals surface area contributed by atoms with E-state index in [0.29, 0.717) is 44.3 Å². The Balaban J connectivity index is 1.15. The predicted octanol–water partition coefficient (Wildman–Crippen LogP) is 2.33. The van der Waals surface area contributed by atoms with Crippen LogP contribution in [-0.4, -0.2) is 71.7 Å². The van der Waals surface area contributed by atoms with Gasteiger partial charge in [0, 0.05) is 57.1 Å². The zero-order chi connectivity index (χ0) is 24.2. The molecule has 2 aliphatic rings. The Labute approximate surface area is 203 Å². The largest absolute Gasteiger partial charge is 0.497 e. The first-order valence-corrected chi connectivity index (χ1v) is 11.6. The zero-order valence-corrected chi connectivity index (χ0v) is 19.5. The number of anilines is 4. The average Bonchev–Trinajstić information content (AvgIpc) is 3.31. The fourth-order valence-corrected chi connectivity index (χ4v) is 4.46. The third kappa shape index (κ3) is 5.01. The van der Waals surface area contributed by atoms with Gasteiger partial charge in [0.25, 0.3) is 0 Å². The number of nitrogens with one attached hydrogen (secondary N) is 1. The van der Waals surface area contributed by atoms with E-state index in [4.69, 9.17) is 4.74 Å². The number of methoxy groups -OCH3 is 1. The van der Waals surface area contributed by atoms with Gasteiger partial charge in [-0.05, 0) is 36.4 Å². The lowest BCUT2D eigenvalue weighted by molar-refractivity contribution is -0.136. The van der Waals surface area contributed by atoms with Crippen LogP contribution in [0, 0.1) is 5.92 Å². The van der Waals surface area contributed by atoms with Crippen molar-refractivity contribution >= 4 is 34.8 Å². The smallest absolute Gasteiger partial charge is 0.228 e. The van der Waals surface area contributed by atoms with E-state index in [0.717, 1.165) is 17.2 Å². The molecule has 0 saturated carbocycles. The number of benzene rings is 1. The van der Waals surface area contributed by atoms with E-state index < -0.39 is 0 Å². The quantitative estimate of drug-likeness (QED) is 0.582. The molecule has 2 amide bonds. The number of ether oxygens (including phenoxy) is 1. The molecule has 3 aromatic rings. The van der Waals surface area contributed by atoms with Gasteiger partial charge in [-0.1, -0.05) is 6.07 Å². The summed E-state index contributed by atoms with van der Waals surface area (Å²) in [6.45, 7) is 2.88. The Morgan fingerprint density at radius 2 is 1.91 bits per heavy atom. The molecule has 0 radical (unpaired) electrons. The molecule has 0 spiro atoms. The van der Waals surface area contributed by atoms with E-state index in [-0.39, 0.29) is 24.2 Å². The molecule has 180 valence electrons. The van der Waals surface area contributed by atoms with Crippen LogP contribution in [0.5, 0.6) is 5.75 Å². The molecule has 0 bridgehead atoms. The molecule has 1 unspecified atom stereocenters. The summed E-state index contributed by atoms with van der Waals surface area (Å²) in [7, 11) is 1.59. The Morgan fingerprint density at radius 1 is 1.06 bits per heavy atom. The molecule has 1 atom stereocenters. The van der Waals surface area contributed by atoms with Crippen molar-refractivity contribution < 1.29 is 14.3 Å². The molecule has 0 aliphatic carbocycles. The van der Waals surface area contributed by atoms with E-state index in [9.17, 15) is 9.59 Å². The Hall–Kier alpha value is -4.21. The van der Waals surface area contributed by atoms with Crippen LogP contribution in [0.4, 0.5) is 23.0 Å². The van der Waals surface area contributed by atoms with Crippen molar-refractivity contribution in [3.05, 3.63) is 60.9 Å². The molecule has 2 fully saturated rings. The summed E-state index contributed by atoms with van der Waals surface area (Å²) < 4.78 is 5.27. The van der Waals surface area contributed by atoms with Crippen LogP contribution in [0.15, 0.2) is 60.9 Å². The third-order valence-electron chi connectivity index (χ3n) is 6.34. The number of amides is 2. The summed E-state index contributed by atoms with van der Waals surface area (Å²) in [5.74, 6) is 1.76. The number of hydrogen-bond acceptors (Lipinski definition) is 8. The summed E-state index contributed by atoms with van der Waals surface area (Å²) in [6, 6.07) is 14.9. The summed E-state index contributed by atoms with van der Waals surface area (Å²) in [4.78, 5) is 35.5. The van der Waals surface area contributed by atoms with Crippen molar-refractivity contribution in [2.45, 2.75) is 6.42 Å². The highest BCUT2D eigenvalue weighted by Crippen LogP contribution is 2.29. The summed E-state index contributed by atoms with van der Waals surface area (Å²) >= 11 is 0. The molecule has 5 rings (SSSR count). The van der Waals surface area contributed by atoms with E-state index >= 15 is 0 Å². The molecule has 10 nitrogen and oxygen atoms in total. The zero-order valence-electron chi connectivity index (χ0n) is 19.5. The number of hydrogen-bond donors (Lipinski definition) is 1. The van der Waals surface area contributed by atoms with E-state index in [1.54, 1.807) is 24.4 Å². The van der Waals surface area contributed by atoms with Crippen molar-refractivity contribution in [3.63, 3.8) is 0 Å². The lowest BCUT2D eigenvalue weighted by atomic mass is 10.1. The lowest BCUT2D eigenvalue weighted by Crippen LogP contribution is -2.51. The Morgan fingerprint density at radius 3 is 2.63 bits per heavy atom. The molecule has 1 aromatic carbocycles. The van der Waals surface area contributed by atoms with Crippen molar-refractivity contribution in [3.8, 4) is 5.75 Å². The summed E-state index contributed by atoms with van der Waals surface area (Å²) in [5, 5.41) is 11.8. The highest BCUT2D eigenvalue weighted by Gasteiger charge is 2.38. The molecular weight excluding hydrogens is 446 g/mol. The number of carbonyl (C=O) groups is 2. The molecule has 4 heterocycles.